The van der Waals surface area contributed by atoms with Gasteiger partial charge >= 0.3 is 0 Å². The summed E-state index contributed by atoms with van der Waals surface area (Å²) < 4.78 is 16.6. The second kappa shape index (κ2) is 7.91. The molecule has 6 nitrogen and oxygen atoms in total. The Kier molecular flexibility index (Phi) is 5.41. The van der Waals surface area contributed by atoms with Crippen LogP contribution in [-0.2, 0) is 4.79 Å². The van der Waals surface area contributed by atoms with Gasteiger partial charge in [-0.1, -0.05) is 6.07 Å². The maximum absolute atomic E-state index is 12.0. The summed E-state index contributed by atoms with van der Waals surface area (Å²) in [5, 5.41) is 4.13. The number of hydrogen-bond acceptors (Lipinski definition) is 5. The Hall–Kier alpha value is -3.02. The highest BCUT2D eigenvalue weighted by molar-refractivity contribution is 5.99. The second-order valence-electron chi connectivity index (χ2n) is 6.20. The van der Waals surface area contributed by atoms with Crippen LogP contribution in [0.1, 0.15) is 23.6 Å². The number of rotatable bonds is 5. The molecule has 2 aromatic rings. The molecule has 0 aromatic heterocycles. The fraction of sp³-hybridized carbons (Fsp3) is 0.300. The third kappa shape index (κ3) is 4.53. The van der Waals surface area contributed by atoms with Gasteiger partial charge in [0.15, 0.2) is 18.1 Å². The molecule has 0 unspecified atom stereocenters. The first-order valence-electron chi connectivity index (χ1n) is 8.45. The number of amides is 1. The lowest BCUT2D eigenvalue weighted by atomic mass is 10.1. The molecule has 1 aliphatic heterocycles. The fourth-order valence-corrected chi connectivity index (χ4v) is 2.68. The molecule has 0 aliphatic carbocycles. The van der Waals surface area contributed by atoms with Crippen LogP contribution in [0.3, 0.4) is 0 Å². The topological polar surface area (TPSA) is 69.2 Å². The summed E-state index contributed by atoms with van der Waals surface area (Å²) in [6, 6.07) is 11.4. The van der Waals surface area contributed by atoms with E-state index in [0.717, 1.165) is 22.4 Å². The first-order valence-corrected chi connectivity index (χ1v) is 8.45. The maximum atomic E-state index is 12.0. The highest BCUT2D eigenvalue weighted by atomic mass is 16.6. The van der Waals surface area contributed by atoms with Crippen molar-refractivity contribution in [3.63, 3.8) is 0 Å². The van der Waals surface area contributed by atoms with E-state index >= 15 is 0 Å². The zero-order valence-corrected chi connectivity index (χ0v) is 15.2. The lowest BCUT2D eigenvalue weighted by Crippen LogP contribution is -2.25. The molecule has 1 N–H and O–H groups in total. The molecule has 26 heavy (non-hydrogen) atoms. The van der Waals surface area contributed by atoms with Crippen LogP contribution < -0.4 is 19.6 Å². The minimum Gasteiger partial charge on any atom is -0.486 e. The Morgan fingerprint density at radius 1 is 1.08 bits per heavy atom. The Morgan fingerprint density at radius 2 is 1.77 bits per heavy atom. The van der Waals surface area contributed by atoms with Crippen LogP contribution in [0, 0.1) is 13.8 Å². The van der Waals surface area contributed by atoms with Gasteiger partial charge in [-0.2, -0.15) is 5.10 Å². The minimum absolute atomic E-state index is 0.0964. The highest BCUT2D eigenvalue weighted by Crippen LogP contribution is 2.30. The molecule has 3 rings (SSSR count). The van der Waals surface area contributed by atoms with E-state index in [1.807, 2.05) is 57.2 Å². The Bertz CT molecular complexity index is 825. The quantitative estimate of drug-likeness (QED) is 0.662. The second-order valence-corrected chi connectivity index (χ2v) is 6.20. The lowest BCUT2D eigenvalue weighted by molar-refractivity contribution is -0.123. The van der Waals surface area contributed by atoms with Crippen molar-refractivity contribution >= 4 is 11.6 Å². The highest BCUT2D eigenvalue weighted by Gasteiger charge is 2.12. The largest absolute Gasteiger partial charge is 0.486 e. The average Bonchev–Trinajstić information content (AvgIpc) is 2.63. The van der Waals surface area contributed by atoms with Crippen LogP contribution >= 0.6 is 0 Å². The average molecular weight is 354 g/mol. The van der Waals surface area contributed by atoms with E-state index < -0.39 is 0 Å². The number of aryl methyl sites for hydroxylation is 2. The molecule has 0 bridgehead atoms. The number of carbonyl (C=O) groups is 1. The Labute approximate surface area is 152 Å². The van der Waals surface area contributed by atoms with Gasteiger partial charge in [0, 0.05) is 5.56 Å². The molecule has 0 radical (unpaired) electrons. The molecule has 6 heteroatoms. The molecule has 0 saturated heterocycles. The monoisotopic (exact) mass is 354 g/mol. The van der Waals surface area contributed by atoms with Crippen LogP contribution in [0.15, 0.2) is 41.5 Å². The summed E-state index contributed by atoms with van der Waals surface area (Å²) in [6.45, 7) is 6.77. The van der Waals surface area contributed by atoms with Crippen molar-refractivity contribution < 1.29 is 19.0 Å². The molecular formula is C20H22N2O4. The molecule has 1 aliphatic rings. The van der Waals surface area contributed by atoms with Gasteiger partial charge in [0.2, 0.25) is 0 Å². The van der Waals surface area contributed by atoms with Crippen LogP contribution in [0.4, 0.5) is 0 Å². The van der Waals surface area contributed by atoms with Crippen LogP contribution in [0.25, 0.3) is 0 Å². The number of hydrogen-bond donors (Lipinski definition) is 1. The third-order valence-electron chi connectivity index (χ3n) is 3.87. The van der Waals surface area contributed by atoms with Gasteiger partial charge in [-0.15, -0.1) is 0 Å². The van der Waals surface area contributed by atoms with Crippen molar-refractivity contribution in [2.75, 3.05) is 19.8 Å². The van der Waals surface area contributed by atoms with Crippen molar-refractivity contribution in [1.29, 1.82) is 0 Å². The standard InChI is InChI=1S/C20H22N2O4/c1-13-8-14(2)10-17(9-13)26-12-20(23)22-21-15(3)16-4-5-18-19(11-16)25-7-6-24-18/h4-5,8-11H,6-7,12H2,1-3H3,(H,22,23). The third-order valence-corrected chi connectivity index (χ3v) is 3.87. The molecular weight excluding hydrogens is 332 g/mol. The lowest BCUT2D eigenvalue weighted by Gasteiger charge is -2.18. The normalized spacial score (nSPS) is 13.3. The van der Waals surface area contributed by atoms with Gasteiger partial charge in [0.1, 0.15) is 19.0 Å². The van der Waals surface area contributed by atoms with Crippen LogP contribution in [0.5, 0.6) is 17.2 Å². The summed E-state index contributed by atoms with van der Waals surface area (Å²) in [4.78, 5) is 12.0. The Balaban J connectivity index is 1.57. The number of fused-ring (bicyclic) bond motifs is 1. The molecule has 1 amide bonds. The van der Waals surface area contributed by atoms with Gasteiger partial charge in [0.25, 0.3) is 5.91 Å². The van der Waals surface area contributed by atoms with Gasteiger partial charge in [-0.05, 0) is 62.2 Å². The predicted octanol–water partition coefficient (Wildman–Crippen LogP) is 2.99. The number of ether oxygens (including phenoxy) is 3. The molecule has 1 heterocycles. The van der Waals surface area contributed by atoms with E-state index in [0.29, 0.717) is 30.4 Å². The van der Waals surface area contributed by atoms with E-state index in [2.05, 4.69) is 10.5 Å². The van der Waals surface area contributed by atoms with Crippen LogP contribution in [-0.4, -0.2) is 31.4 Å². The van der Waals surface area contributed by atoms with Gasteiger partial charge in [0.05, 0.1) is 5.71 Å². The number of benzene rings is 2. The van der Waals surface area contributed by atoms with Crippen molar-refractivity contribution in [1.82, 2.24) is 5.43 Å². The zero-order chi connectivity index (χ0) is 18.5. The predicted molar refractivity (Wildman–Crippen MR) is 99.2 cm³/mol. The van der Waals surface area contributed by atoms with E-state index in [-0.39, 0.29) is 12.5 Å². The first-order chi connectivity index (χ1) is 12.5. The number of carbonyl (C=O) groups excluding carboxylic acids is 1. The summed E-state index contributed by atoms with van der Waals surface area (Å²) in [5.41, 5.74) is 6.21. The SMILES string of the molecule is CC(=NNC(=O)COc1cc(C)cc(C)c1)c1ccc2c(c1)OCCO2. The zero-order valence-electron chi connectivity index (χ0n) is 15.2. The smallest absolute Gasteiger partial charge is 0.277 e. The number of nitrogens with one attached hydrogen (secondary N) is 1. The van der Waals surface area contributed by atoms with Crippen molar-refractivity contribution in [2.45, 2.75) is 20.8 Å². The maximum Gasteiger partial charge on any atom is 0.277 e. The van der Waals surface area contributed by atoms with E-state index in [4.69, 9.17) is 14.2 Å². The van der Waals surface area contributed by atoms with E-state index in [1.165, 1.54) is 0 Å². The Morgan fingerprint density at radius 3 is 2.50 bits per heavy atom. The van der Waals surface area contributed by atoms with Crippen molar-refractivity contribution in [3.8, 4) is 17.2 Å². The first kappa shape index (κ1) is 17.8. The minimum atomic E-state index is -0.318. The van der Waals surface area contributed by atoms with Gasteiger partial charge in [-0.3, -0.25) is 4.79 Å². The van der Waals surface area contributed by atoms with E-state index in [9.17, 15) is 4.79 Å². The molecule has 0 spiro atoms. The molecule has 0 saturated carbocycles. The molecule has 2 aromatic carbocycles. The fourth-order valence-electron chi connectivity index (χ4n) is 2.68. The summed E-state index contributed by atoms with van der Waals surface area (Å²) >= 11 is 0. The molecule has 0 fully saturated rings. The molecule has 0 atom stereocenters. The number of hydrazone groups is 1. The van der Waals surface area contributed by atoms with Gasteiger partial charge < -0.3 is 14.2 Å². The summed E-state index contributed by atoms with van der Waals surface area (Å²) in [5.74, 6) is 1.76. The van der Waals surface area contributed by atoms with Crippen molar-refractivity contribution in [3.05, 3.63) is 53.1 Å². The van der Waals surface area contributed by atoms with E-state index in [1.54, 1.807) is 0 Å². The van der Waals surface area contributed by atoms with Crippen molar-refractivity contribution in [2.24, 2.45) is 5.10 Å². The van der Waals surface area contributed by atoms with Crippen LogP contribution in [0.2, 0.25) is 0 Å². The molecule has 136 valence electrons. The summed E-state index contributed by atoms with van der Waals surface area (Å²) in [6.07, 6.45) is 0. The summed E-state index contributed by atoms with van der Waals surface area (Å²) in [7, 11) is 0. The number of nitrogens with zero attached hydrogens (tertiary/aromatic N) is 1. The van der Waals surface area contributed by atoms with Gasteiger partial charge in [-0.25, -0.2) is 5.43 Å².